The maximum atomic E-state index is 13.0. The highest BCUT2D eigenvalue weighted by molar-refractivity contribution is 7.99. The highest BCUT2D eigenvalue weighted by Gasteiger charge is 2.37. The molecule has 12 heteroatoms. The summed E-state index contributed by atoms with van der Waals surface area (Å²) in [6, 6.07) is 3.47. The van der Waals surface area contributed by atoms with Crippen molar-refractivity contribution >= 4 is 41.0 Å². The predicted molar refractivity (Wildman–Crippen MR) is 146 cm³/mol. The predicted octanol–water partition coefficient (Wildman–Crippen LogP) is 1.97. The smallest absolute Gasteiger partial charge is 0.302 e. The Hall–Kier alpha value is -3.35. The van der Waals surface area contributed by atoms with Crippen LogP contribution in [0.4, 0.5) is 0 Å². The van der Waals surface area contributed by atoms with E-state index in [4.69, 9.17) is 10.5 Å². The van der Waals surface area contributed by atoms with Gasteiger partial charge in [-0.25, -0.2) is 0 Å². The molecule has 0 spiro atoms. The first-order chi connectivity index (χ1) is 18.3. The SMILES string of the molecule is CCCSC[C@@H]1C[C@H](OC(C)=O)C[C@H](N(C)C)/C(O)=C(/C(N)=O)C(=O)[C@@H](O)C(=O)C=C(O)c2c(O)cccc21. The van der Waals surface area contributed by atoms with E-state index in [0.717, 1.165) is 12.2 Å². The van der Waals surface area contributed by atoms with Crippen LogP contribution in [0.25, 0.3) is 5.76 Å². The van der Waals surface area contributed by atoms with Gasteiger partial charge in [0, 0.05) is 25.2 Å². The maximum absolute atomic E-state index is 13.0. The number of aliphatic hydroxyl groups excluding tert-OH is 3. The van der Waals surface area contributed by atoms with Crippen molar-refractivity contribution in [2.45, 2.75) is 57.3 Å². The van der Waals surface area contributed by atoms with E-state index in [9.17, 15) is 39.6 Å². The first-order valence-corrected chi connectivity index (χ1v) is 13.6. The van der Waals surface area contributed by atoms with Gasteiger partial charge in [-0.05, 0) is 50.2 Å². The highest BCUT2D eigenvalue weighted by Crippen LogP contribution is 2.38. The van der Waals surface area contributed by atoms with Gasteiger partial charge in [0.05, 0.1) is 11.6 Å². The molecule has 4 atom stereocenters. The van der Waals surface area contributed by atoms with Gasteiger partial charge in [-0.3, -0.25) is 24.1 Å². The highest BCUT2D eigenvalue weighted by atomic mass is 32.2. The third-order valence-electron chi connectivity index (χ3n) is 6.29. The molecule has 214 valence electrons. The number of fused-ring (bicyclic) bond motifs is 1. The minimum Gasteiger partial charge on any atom is -0.510 e. The van der Waals surface area contributed by atoms with Crippen LogP contribution in [0.2, 0.25) is 0 Å². The van der Waals surface area contributed by atoms with Crippen molar-refractivity contribution in [3.8, 4) is 5.75 Å². The fourth-order valence-electron chi connectivity index (χ4n) is 4.48. The molecule has 0 saturated heterocycles. The Labute approximate surface area is 231 Å². The molecule has 0 heterocycles. The third kappa shape index (κ3) is 8.07. The van der Waals surface area contributed by atoms with Gasteiger partial charge >= 0.3 is 5.97 Å². The molecule has 0 radical (unpaired) electrons. The van der Waals surface area contributed by atoms with Gasteiger partial charge in [0.2, 0.25) is 5.78 Å². The number of benzene rings is 1. The van der Waals surface area contributed by atoms with Crippen molar-refractivity contribution in [1.82, 2.24) is 4.90 Å². The van der Waals surface area contributed by atoms with Crippen molar-refractivity contribution in [3.63, 3.8) is 0 Å². The molecule has 1 amide bonds. The van der Waals surface area contributed by atoms with Crippen LogP contribution in [0.3, 0.4) is 0 Å². The molecule has 0 aliphatic heterocycles. The van der Waals surface area contributed by atoms with Crippen molar-refractivity contribution < 1.29 is 44.3 Å². The van der Waals surface area contributed by atoms with Crippen LogP contribution in [-0.2, 0) is 23.9 Å². The van der Waals surface area contributed by atoms with Gasteiger partial charge in [0.1, 0.15) is 28.9 Å². The van der Waals surface area contributed by atoms with Crippen molar-refractivity contribution in [2.75, 3.05) is 25.6 Å². The van der Waals surface area contributed by atoms with Gasteiger partial charge in [0.15, 0.2) is 11.9 Å². The summed E-state index contributed by atoms with van der Waals surface area (Å²) in [6.07, 6.45) is -1.78. The third-order valence-corrected chi connectivity index (χ3v) is 7.62. The molecular formula is C27H36N2O9S. The van der Waals surface area contributed by atoms with Crippen LogP contribution in [-0.4, -0.2) is 92.6 Å². The second-order valence-corrected chi connectivity index (χ2v) is 10.7. The van der Waals surface area contributed by atoms with Crippen molar-refractivity contribution in [1.29, 1.82) is 0 Å². The Morgan fingerprint density at radius 3 is 2.38 bits per heavy atom. The lowest BCUT2D eigenvalue weighted by Crippen LogP contribution is -2.41. The summed E-state index contributed by atoms with van der Waals surface area (Å²) in [6.45, 7) is 3.24. The minimum atomic E-state index is -2.47. The van der Waals surface area contributed by atoms with Crippen LogP contribution in [0.5, 0.6) is 5.75 Å². The second-order valence-electron chi connectivity index (χ2n) is 9.52. The van der Waals surface area contributed by atoms with E-state index >= 15 is 0 Å². The van der Waals surface area contributed by atoms with Crippen molar-refractivity contribution in [3.05, 3.63) is 46.7 Å². The Morgan fingerprint density at radius 1 is 1.15 bits per heavy atom. The number of nitrogens with zero attached hydrogens (tertiary/aromatic N) is 1. The minimum absolute atomic E-state index is 0.0797. The Kier molecular flexibility index (Phi) is 11.6. The van der Waals surface area contributed by atoms with Gasteiger partial charge in [-0.2, -0.15) is 11.8 Å². The standard InChI is InChI=1S/C27H36N2O9S/c1-5-9-39-13-15-10-16(38-14(2)30)11-18(29(3)4)24(34)23(27(28)37)26(36)25(35)21(33)12-20(32)22-17(15)7-6-8-19(22)31/h6-8,12,15-16,18,25,31-32,34-35H,5,9-11,13H2,1-4H3,(H2,28,37)/b20-12?,24-23-/t15-,16-,18-,25-/m0/s1. The van der Waals surface area contributed by atoms with Crippen LogP contribution < -0.4 is 5.73 Å². The average molecular weight is 565 g/mol. The van der Waals surface area contributed by atoms with Crippen LogP contribution in [0.1, 0.15) is 50.2 Å². The van der Waals surface area contributed by atoms with Gasteiger partial charge in [-0.1, -0.05) is 19.1 Å². The van der Waals surface area contributed by atoms with Gasteiger partial charge in [0.25, 0.3) is 5.91 Å². The number of thioether (sulfide) groups is 1. The van der Waals surface area contributed by atoms with E-state index < -0.39 is 64.7 Å². The Bertz CT molecular complexity index is 1160. The Balaban J connectivity index is 2.86. The number of esters is 1. The maximum Gasteiger partial charge on any atom is 0.302 e. The molecule has 6 N–H and O–H groups in total. The van der Waals surface area contributed by atoms with Gasteiger partial charge < -0.3 is 30.9 Å². The number of aliphatic hydroxyl groups is 3. The zero-order valence-corrected chi connectivity index (χ0v) is 23.2. The first kappa shape index (κ1) is 31.9. The number of hydrogen-bond acceptors (Lipinski definition) is 11. The number of Topliss-reactive ketones (excluding diaryl/α,β-unsaturated/α-hetero) is 1. The average Bonchev–Trinajstić information content (AvgIpc) is 2.84. The quantitative estimate of drug-likeness (QED) is 0.141. The van der Waals surface area contributed by atoms with Crippen LogP contribution in [0.15, 0.2) is 35.6 Å². The number of likely N-dealkylation sites (N-methyl/N-ethyl adjacent to an activating group) is 1. The van der Waals surface area contributed by atoms with E-state index in [1.807, 2.05) is 6.92 Å². The molecule has 0 aromatic heterocycles. The summed E-state index contributed by atoms with van der Waals surface area (Å²) in [5.41, 5.74) is 4.75. The molecule has 1 aliphatic rings. The number of hydrogen-bond donors (Lipinski definition) is 5. The molecule has 1 aliphatic carbocycles. The number of carbonyl (C=O) groups excluding carboxylic acids is 4. The summed E-state index contributed by atoms with van der Waals surface area (Å²) in [5.74, 6) is -5.71. The lowest BCUT2D eigenvalue weighted by molar-refractivity contribution is -0.148. The normalized spacial score (nSPS) is 25.0. The van der Waals surface area contributed by atoms with E-state index in [1.165, 1.54) is 17.9 Å². The number of phenols is 1. The molecule has 11 nitrogen and oxygen atoms in total. The fraction of sp³-hybridized carbons (Fsp3) is 0.481. The number of aromatic hydroxyl groups is 1. The van der Waals surface area contributed by atoms with Crippen molar-refractivity contribution in [2.24, 2.45) is 5.73 Å². The number of amides is 1. The molecule has 0 fully saturated rings. The van der Waals surface area contributed by atoms with E-state index in [0.29, 0.717) is 17.4 Å². The number of ketones is 2. The lowest BCUT2D eigenvalue weighted by Gasteiger charge is -2.31. The molecule has 2 rings (SSSR count). The molecule has 1 aromatic rings. The number of rotatable bonds is 7. The number of nitrogens with two attached hydrogens (primary N) is 1. The van der Waals surface area contributed by atoms with Gasteiger partial charge in [-0.15, -0.1) is 0 Å². The number of carbonyl (C=O) groups is 4. The monoisotopic (exact) mass is 564 g/mol. The summed E-state index contributed by atoms with van der Waals surface area (Å²) >= 11 is 1.60. The molecule has 0 unspecified atom stereocenters. The number of primary amides is 1. The summed E-state index contributed by atoms with van der Waals surface area (Å²) in [7, 11) is 3.12. The zero-order valence-electron chi connectivity index (χ0n) is 22.4. The molecule has 39 heavy (non-hydrogen) atoms. The number of ether oxygens (including phenoxy) is 1. The Morgan fingerprint density at radius 2 is 1.82 bits per heavy atom. The molecular weight excluding hydrogens is 528 g/mol. The number of phenolic OH excluding ortho intramolecular Hbond substituents is 1. The van der Waals surface area contributed by atoms with E-state index in [-0.39, 0.29) is 24.2 Å². The van der Waals surface area contributed by atoms with Crippen LogP contribution in [0, 0.1) is 0 Å². The first-order valence-electron chi connectivity index (χ1n) is 12.4. The molecule has 0 bridgehead atoms. The topological polar surface area (TPSA) is 188 Å². The largest absolute Gasteiger partial charge is 0.510 e. The second kappa shape index (κ2) is 14.2. The fourth-order valence-corrected chi connectivity index (χ4v) is 5.54. The zero-order chi connectivity index (χ0) is 29.4. The summed E-state index contributed by atoms with van der Waals surface area (Å²) in [5, 5.41) is 43.0. The lowest BCUT2D eigenvalue weighted by atomic mass is 9.86. The van der Waals surface area contributed by atoms with E-state index in [1.54, 1.807) is 38.0 Å². The van der Waals surface area contributed by atoms with Crippen LogP contribution >= 0.6 is 11.8 Å². The molecule has 1 aromatic carbocycles. The summed E-state index contributed by atoms with van der Waals surface area (Å²) < 4.78 is 5.60. The summed E-state index contributed by atoms with van der Waals surface area (Å²) in [4.78, 5) is 51.5. The molecule has 0 saturated carbocycles. The van der Waals surface area contributed by atoms with E-state index in [2.05, 4.69) is 0 Å².